The molecule has 7 heteroatoms. The summed E-state index contributed by atoms with van der Waals surface area (Å²) in [6.07, 6.45) is 1.31. The molecule has 1 unspecified atom stereocenters. The monoisotopic (exact) mass is 280 g/mol. The van der Waals surface area contributed by atoms with Crippen molar-refractivity contribution in [3.63, 3.8) is 0 Å². The number of amides is 2. The molecule has 0 aliphatic carbocycles. The molecule has 2 rings (SSSR count). The van der Waals surface area contributed by atoms with Gasteiger partial charge < -0.3 is 15.1 Å². The number of hydrogen-bond acceptors (Lipinski definition) is 5. The highest BCUT2D eigenvalue weighted by Gasteiger charge is 2.36. The van der Waals surface area contributed by atoms with Crippen molar-refractivity contribution < 1.29 is 14.0 Å². The van der Waals surface area contributed by atoms with Crippen molar-refractivity contribution in [2.24, 2.45) is 5.73 Å². The Balaban J connectivity index is 2.18. The number of primary amides is 1. The minimum absolute atomic E-state index is 0.215. The molecule has 2 heterocycles. The average Bonchev–Trinajstić information content (AvgIpc) is 2.83. The van der Waals surface area contributed by atoms with Crippen LogP contribution in [0.2, 0.25) is 0 Å². The van der Waals surface area contributed by atoms with E-state index in [1.807, 2.05) is 0 Å². The molecule has 0 aromatic carbocycles. The largest absolute Gasteiger partial charge is 0.448 e. The van der Waals surface area contributed by atoms with E-state index in [9.17, 15) is 9.59 Å². The average molecular weight is 280 g/mol. The Bertz CT molecular complexity index is 511. The first-order chi connectivity index (χ1) is 9.40. The lowest BCUT2D eigenvalue weighted by molar-refractivity contribution is -0.124. The number of carbonyl (C=O) groups excluding carboxylic acids is 2. The molecule has 1 aliphatic heterocycles. The third-order valence-corrected chi connectivity index (χ3v) is 3.57. The molecule has 7 nitrogen and oxygen atoms in total. The molecular weight excluding hydrogens is 260 g/mol. The SMILES string of the molecule is Cc1nc(C(=O)N2CCN(C(C)C)CC2C(N)=O)co1. The van der Waals surface area contributed by atoms with Crippen LogP contribution < -0.4 is 5.73 Å². The minimum Gasteiger partial charge on any atom is -0.448 e. The Hall–Kier alpha value is -1.89. The summed E-state index contributed by atoms with van der Waals surface area (Å²) >= 11 is 0. The van der Waals surface area contributed by atoms with Gasteiger partial charge in [0.1, 0.15) is 12.3 Å². The maximum atomic E-state index is 12.4. The summed E-state index contributed by atoms with van der Waals surface area (Å²) in [6, 6.07) is -0.320. The third kappa shape index (κ3) is 2.82. The van der Waals surface area contributed by atoms with Crippen molar-refractivity contribution in [1.82, 2.24) is 14.8 Å². The fourth-order valence-electron chi connectivity index (χ4n) is 2.37. The van der Waals surface area contributed by atoms with Crippen LogP contribution >= 0.6 is 0 Å². The van der Waals surface area contributed by atoms with Crippen molar-refractivity contribution in [3.8, 4) is 0 Å². The zero-order valence-corrected chi connectivity index (χ0v) is 12.0. The molecule has 1 fully saturated rings. The molecule has 1 atom stereocenters. The van der Waals surface area contributed by atoms with Gasteiger partial charge >= 0.3 is 0 Å². The van der Waals surface area contributed by atoms with Gasteiger partial charge in [-0.2, -0.15) is 0 Å². The van der Waals surface area contributed by atoms with Crippen LogP contribution in [0.3, 0.4) is 0 Å². The Labute approximate surface area is 117 Å². The number of hydrogen-bond donors (Lipinski definition) is 1. The summed E-state index contributed by atoms with van der Waals surface area (Å²) in [5.41, 5.74) is 5.65. The van der Waals surface area contributed by atoms with Gasteiger partial charge in [-0.05, 0) is 13.8 Å². The summed E-state index contributed by atoms with van der Waals surface area (Å²) in [5, 5.41) is 0. The fraction of sp³-hybridized carbons (Fsp3) is 0.615. The van der Waals surface area contributed by atoms with Gasteiger partial charge in [0.05, 0.1) is 0 Å². The van der Waals surface area contributed by atoms with E-state index in [-0.39, 0.29) is 11.6 Å². The molecule has 0 bridgehead atoms. The first-order valence-electron chi connectivity index (χ1n) is 6.66. The lowest BCUT2D eigenvalue weighted by Gasteiger charge is -2.41. The molecule has 2 N–H and O–H groups in total. The quantitative estimate of drug-likeness (QED) is 0.841. The van der Waals surface area contributed by atoms with E-state index in [0.29, 0.717) is 31.6 Å². The molecule has 2 amide bonds. The van der Waals surface area contributed by atoms with Crippen LogP contribution in [0.1, 0.15) is 30.2 Å². The number of aryl methyl sites for hydroxylation is 1. The number of piperazine rings is 1. The molecule has 1 aromatic rings. The van der Waals surface area contributed by atoms with Gasteiger partial charge in [0, 0.05) is 32.6 Å². The van der Waals surface area contributed by atoms with E-state index in [1.165, 1.54) is 11.2 Å². The molecule has 1 aromatic heterocycles. The number of oxazole rings is 1. The van der Waals surface area contributed by atoms with Crippen molar-refractivity contribution in [2.75, 3.05) is 19.6 Å². The lowest BCUT2D eigenvalue weighted by atomic mass is 10.1. The van der Waals surface area contributed by atoms with Crippen molar-refractivity contribution in [3.05, 3.63) is 17.8 Å². The zero-order valence-electron chi connectivity index (χ0n) is 12.0. The Morgan fingerprint density at radius 2 is 2.15 bits per heavy atom. The standard InChI is InChI=1S/C13H20N4O3/c1-8(2)16-4-5-17(11(6-16)12(14)18)13(19)10-7-20-9(3)15-10/h7-8,11H,4-6H2,1-3H3,(H2,14,18). The van der Waals surface area contributed by atoms with E-state index in [4.69, 9.17) is 10.2 Å². The number of aromatic nitrogens is 1. The van der Waals surface area contributed by atoms with Crippen LogP contribution in [0.4, 0.5) is 0 Å². The Morgan fingerprint density at radius 1 is 1.45 bits per heavy atom. The zero-order chi connectivity index (χ0) is 14.9. The molecule has 1 saturated heterocycles. The summed E-state index contributed by atoms with van der Waals surface area (Å²) < 4.78 is 5.05. The Morgan fingerprint density at radius 3 is 2.65 bits per heavy atom. The highest BCUT2D eigenvalue weighted by molar-refractivity contribution is 5.95. The highest BCUT2D eigenvalue weighted by atomic mass is 16.3. The van der Waals surface area contributed by atoms with Crippen LogP contribution in [0.5, 0.6) is 0 Å². The predicted molar refractivity (Wildman–Crippen MR) is 72.0 cm³/mol. The normalized spacial score (nSPS) is 20.4. The van der Waals surface area contributed by atoms with E-state index in [1.54, 1.807) is 6.92 Å². The van der Waals surface area contributed by atoms with E-state index in [0.717, 1.165) is 0 Å². The Kier molecular flexibility index (Phi) is 4.08. The van der Waals surface area contributed by atoms with Gasteiger partial charge in [-0.1, -0.05) is 0 Å². The highest BCUT2D eigenvalue weighted by Crippen LogP contribution is 2.16. The topological polar surface area (TPSA) is 92.7 Å². The summed E-state index contributed by atoms with van der Waals surface area (Å²) in [5.74, 6) is -0.386. The second kappa shape index (κ2) is 5.62. The molecule has 0 saturated carbocycles. The van der Waals surface area contributed by atoms with E-state index in [2.05, 4.69) is 23.7 Å². The smallest absolute Gasteiger partial charge is 0.276 e. The van der Waals surface area contributed by atoms with E-state index < -0.39 is 11.9 Å². The number of rotatable bonds is 3. The van der Waals surface area contributed by atoms with E-state index >= 15 is 0 Å². The second-order valence-electron chi connectivity index (χ2n) is 5.26. The molecular formula is C13H20N4O3. The lowest BCUT2D eigenvalue weighted by Crippen LogP contribution is -2.61. The maximum absolute atomic E-state index is 12.4. The molecule has 20 heavy (non-hydrogen) atoms. The van der Waals surface area contributed by atoms with Gasteiger partial charge in [-0.3, -0.25) is 14.5 Å². The first-order valence-corrected chi connectivity index (χ1v) is 6.66. The van der Waals surface area contributed by atoms with Crippen molar-refractivity contribution >= 4 is 11.8 Å². The number of nitrogens with two attached hydrogens (primary N) is 1. The van der Waals surface area contributed by atoms with Crippen LogP contribution in [0.15, 0.2) is 10.7 Å². The predicted octanol–water partition coefficient (Wildman–Crippen LogP) is 0.00312. The van der Waals surface area contributed by atoms with Crippen LogP contribution in [-0.4, -0.2) is 58.3 Å². The molecule has 0 radical (unpaired) electrons. The van der Waals surface area contributed by atoms with Crippen LogP contribution in [0, 0.1) is 6.92 Å². The number of carbonyl (C=O) groups is 2. The number of nitrogens with zero attached hydrogens (tertiary/aromatic N) is 3. The maximum Gasteiger partial charge on any atom is 0.276 e. The van der Waals surface area contributed by atoms with Gasteiger partial charge in [0.2, 0.25) is 5.91 Å². The van der Waals surface area contributed by atoms with Gasteiger partial charge in [0.15, 0.2) is 11.6 Å². The van der Waals surface area contributed by atoms with Gasteiger partial charge in [-0.15, -0.1) is 0 Å². The second-order valence-corrected chi connectivity index (χ2v) is 5.26. The van der Waals surface area contributed by atoms with Gasteiger partial charge in [0.25, 0.3) is 5.91 Å². The van der Waals surface area contributed by atoms with Crippen LogP contribution in [0.25, 0.3) is 0 Å². The molecule has 0 spiro atoms. The molecule has 110 valence electrons. The van der Waals surface area contributed by atoms with Crippen molar-refractivity contribution in [2.45, 2.75) is 32.9 Å². The summed E-state index contributed by atoms with van der Waals surface area (Å²) in [6.45, 7) is 7.39. The van der Waals surface area contributed by atoms with Gasteiger partial charge in [-0.25, -0.2) is 4.98 Å². The van der Waals surface area contributed by atoms with Crippen LogP contribution in [-0.2, 0) is 4.79 Å². The minimum atomic E-state index is -0.629. The first kappa shape index (κ1) is 14.5. The van der Waals surface area contributed by atoms with Crippen molar-refractivity contribution in [1.29, 1.82) is 0 Å². The third-order valence-electron chi connectivity index (χ3n) is 3.57. The summed E-state index contributed by atoms with van der Waals surface area (Å²) in [7, 11) is 0. The fourth-order valence-corrected chi connectivity index (χ4v) is 2.37. The summed E-state index contributed by atoms with van der Waals surface area (Å²) in [4.78, 5) is 31.6. The molecule has 1 aliphatic rings.